The van der Waals surface area contributed by atoms with Gasteiger partial charge in [-0.15, -0.1) is 0 Å². The Kier molecular flexibility index (Phi) is 4.66. The number of halogens is 1. The van der Waals surface area contributed by atoms with E-state index in [0.29, 0.717) is 0 Å². The van der Waals surface area contributed by atoms with Gasteiger partial charge in [0.1, 0.15) is 12.2 Å². The first kappa shape index (κ1) is 11.8. The Hall–Kier alpha value is -0.200. The summed E-state index contributed by atoms with van der Waals surface area (Å²) in [7, 11) is 0. The molecule has 0 rings (SSSR count). The molecule has 0 saturated carbocycles. The van der Waals surface area contributed by atoms with Crippen molar-refractivity contribution in [3.05, 3.63) is 0 Å². The van der Waals surface area contributed by atoms with Gasteiger partial charge >= 0.3 is 0 Å². The van der Waals surface area contributed by atoms with E-state index in [1.54, 1.807) is 0 Å². The Morgan fingerprint density at radius 2 is 1.58 bits per heavy atom. The average molecular weight is 199 g/mol. The molecule has 12 heavy (non-hydrogen) atoms. The van der Waals surface area contributed by atoms with Gasteiger partial charge < -0.3 is 20.4 Å². The van der Waals surface area contributed by atoms with Crippen LogP contribution in [0.1, 0.15) is 6.92 Å². The van der Waals surface area contributed by atoms with Gasteiger partial charge in [-0.2, -0.15) is 0 Å². The van der Waals surface area contributed by atoms with E-state index in [2.05, 4.69) is 0 Å². The maximum Gasteiger partial charge on any atom is 0.253 e. The van der Waals surface area contributed by atoms with Crippen LogP contribution in [0.25, 0.3) is 0 Å². The van der Waals surface area contributed by atoms with Crippen molar-refractivity contribution in [2.24, 2.45) is 0 Å². The highest BCUT2D eigenvalue weighted by atomic mass is 35.5. The monoisotopic (exact) mass is 198 g/mol. The third-order valence-corrected chi connectivity index (χ3v) is 1.62. The van der Waals surface area contributed by atoms with Gasteiger partial charge in [0.15, 0.2) is 6.10 Å². The minimum Gasteiger partial charge on any atom is -0.391 e. The van der Waals surface area contributed by atoms with Gasteiger partial charge in [-0.25, -0.2) is 0 Å². The number of aliphatic hydroxyl groups is 4. The summed E-state index contributed by atoms with van der Waals surface area (Å²) in [6.07, 6.45) is -6.49. The fourth-order valence-electron chi connectivity index (χ4n) is 0.606. The third kappa shape index (κ3) is 3.04. The molecule has 0 aromatic rings. The number of hydrogen-bond acceptors (Lipinski definition) is 5. The molecule has 5 nitrogen and oxygen atoms in total. The largest absolute Gasteiger partial charge is 0.391 e. The summed E-state index contributed by atoms with van der Waals surface area (Å²) >= 11 is 4.83. The minimum absolute atomic E-state index is 1.18. The highest BCUT2D eigenvalue weighted by Crippen LogP contribution is 2.06. The lowest BCUT2D eigenvalue weighted by molar-refractivity contribution is -0.136. The summed E-state index contributed by atoms with van der Waals surface area (Å²) in [5.41, 5.74) is 0. The van der Waals surface area contributed by atoms with Gasteiger partial charge in [-0.05, 0) is 18.5 Å². The second kappa shape index (κ2) is 4.74. The molecular weight excluding hydrogens is 188 g/mol. The second-order valence-electron chi connectivity index (χ2n) is 2.47. The average Bonchev–Trinajstić information content (AvgIpc) is 2.00. The standard InChI is InChI=1S/C6H11ClO5/c1-2(8)3(9)4(10)5(11)6(7)12/h2-5,8-11H,1H3/t2-,3-,4+,5+/m0/s1. The van der Waals surface area contributed by atoms with E-state index in [9.17, 15) is 4.79 Å². The van der Waals surface area contributed by atoms with E-state index < -0.39 is 29.7 Å². The first-order chi connectivity index (χ1) is 5.37. The summed E-state index contributed by atoms with van der Waals surface area (Å²) in [4.78, 5) is 10.3. The summed E-state index contributed by atoms with van der Waals surface area (Å²) in [5.74, 6) is 0. The summed E-state index contributed by atoms with van der Waals surface area (Å²) in [5, 5.41) is 34.3. The van der Waals surface area contributed by atoms with Gasteiger partial charge in [0, 0.05) is 0 Å². The quantitative estimate of drug-likeness (QED) is 0.400. The fraction of sp³-hybridized carbons (Fsp3) is 0.833. The number of rotatable bonds is 4. The zero-order chi connectivity index (χ0) is 9.89. The van der Waals surface area contributed by atoms with E-state index in [4.69, 9.17) is 32.0 Å². The zero-order valence-electron chi connectivity index (χ0n) is 6.38. The predicted octanol–water partition coefficient (Wildman–Crippen LogP) is -1.78. The molecule has 72 valence electrons. The topological polar surface area (TPSA) is 98.0 Å². The van der Waals surface area contributed by atoms with Crippen LogP contribution >= 0.6 is 11.6 Å². The number of hydrogen-bond donors (Lipinski definition) is 4. The van der Waals surface area contributed by atoms with Gasteiger partial charge in [0.25, 0.3) is 5.24 Å². The molecule has 0 spiro atoms. The van der Waals surface area contributed by atoms with Crippen LogP contribution in [0.4, 0.5) is 0 Å². The molecule has 0 heterocycles. The van der Waals surface area contributed by atoms with Crippen LogP contribution in [-0.4, -0.2) is 50.1 Å². The van der Waals surface area contributed by atoms with Crippen molar-refractivity contribution in [1.29, 1.82) is 0 Å². The molecule has 0 aromatic heterocycles. The summed E-state index contributed by atoms with van der Waals surface area (Å²) in [6.45, 7) is 1.21. The molecule has 0 bridgehead atoms. The van der Waals surface area contributed by atoms with Gasteiger partial charge in [-0.1, -0.05) is 0 Å². The van der Waals surface area contributed by atoms with E-state index >= 15 is 0 Å². The Balaban J connectivity index is 4.18. The molecule has 0 radical (unpaired) electrons. The van der Waals surface area contributed by atoms with Crippen LogP contribution in [0.2, 0.25) is 0 Å². The van der Waals surface area contributed by atoms with Gasteiger partial charge in [0.05, 0.1) is 6.10 Å². The predicted molar refractivity (Wildman–Crippen MR) is 40.6 cm³/mol. The first-order valence-electron chi connectivity index (χ1n) is 3.29. The van der Waals surface area contributed by atoms with E-state index in [0.717, 1.165) is 0 Å². The first-order valence-corrected chi connectivity index (χ1v) is 3.67. The number of carbonyl (C=O) groups is 1. The molecule has 6 heteroatoms. The van der Waals surface area contributed by atoms with Crippen molar-refractivity contribution >= 4 is 16.8 Å². The van der Waals surface area contributed by atoms with Gasteiger partial charge in [-0.3, -0.25) is 4.79 Å². The molecule has 0 aromatic carbocycles. The second-order valence-corrected chi connectivity index (χ2v) is 2.84. The van der Waals surface area contributed by atoms with Crippen LogP contribution in [0, 0.1) is 0 Å². The van der Waals surface area contributed by atoms with Crippen molar-refractivity contribution in [3.63, 3.8) is 0 Å². The van der Waals surface area contributed by atoms with Crippen molar-refractivity contribution in [1.82, 2.24) is 0 Å². The third-order valence-electron chi connectivity index (χ3n) is 1.40. The van der Waals surface area contributed by atoms with Gasteiger partial charge in [0.2, 0.25) is 0 Å². The minimum atomic E-state index is -1.88. The Labute approximate surface area is 74.2 Å². The number of aliphatic hydroxyl groups excluding tert-OH is 4. The highest BCUT2D eigenvalue weighted by Gasteiger charge is 2.31. The Morgan fingerprint density at radius 3 is 1.83 bits per heavy atom. The molecule has 0 aliphatic rings. The molecular formula is C6H11ClO5. The lowest BCUT2D eigenvalue weighted by Crippen LogP contribution is -2.45. The molecule has 0 fully saturated rings. The maximum atomic E-state index is 10.3. The van der Waals surface area contributed by atoms with Crippen molar-refractivity contribution in [3.8, 4) is 0 Å². The fourth-order valence-corrected chi connectivity index (χ4v) is 0.735. The Morgan fingerprint density at radius 1 is 1.17 bits per heavy atom. The molecule has 0 aliphatic carbocycles. The van der Waals surface area contributed by atoms with Crippen molar-refractivity contribution < 1.29 is 25.2 Å². The van der Waals surface area contributed by atoms with E-state index in [-0.39, 0.29) is 0 Å². The van der Waals surface area contributed by atoms with E-state index in [1.165, 1.54) is 6.92 Å². The Bertz CT molecular complexity index is 160. The summed E-state index contributed by atoms with van der Waals surface area (Å²) in [6, 6.07) is 0. The van der Waals surface area contributed by atoms with Crippen LogP contribution in [-0.2, 0) is 4.79 Å². The smallest absolute Gasteiger partial charge is 0.253 e. The lowest BCUT2D eigenvalue weighted by Gasteiger charge is -2.22. The maximum absolute atomic E-state index is 10.3. The molecule has 0 amide bonds. The van der Waals surface area contributed by atoms with Crippen LogP contribution in [0.15, 0.2) is 0 Å². The molecule has 4 N–H and O–H groups in total. The highest BCUT2D eigenvalue weighted by molar-refractivity contribution is 6.64. The van der Waals surface area contributed by atoms with E-state index in [1.807, 2.05) is 0 Å². The van der Waals surface area contributed by atoms with Crippen molar-refractivity contribution in [2.75, 3.05) is 0 Å². The molecule has 0 aliphatic heterocycles. The van der Waals surface area contributed by atoms with Crippen molar-refractivity contribution in [2.45, 2.75) is 31.3 Å². The SMILES string of the molecule is C[C@H](O)[C@H](O)[C@@H](O)[C@@H](O)C(=O)Cl. The van der Waals surface area contributed by atoms with Crippen LogP contribution < -0.4 is 0 Å². The van der Waals surface area contributed by atoms with Crippen LogP contribution in [0.3, 0.4) is 0 Å². The zero-order valence-corrected chi connectivity index (χ0v) is 7.14. The number of carbonyl (C=O) groups excluding carboxylic acids is 1. The normalized spacial score (nSPS) is 21.2. The summed E-state index contributed by atoms with van der Waals surface area (Å²) < 4.78 is 0. The lowest BCUT2D eigenvalue weighted by atomic mass is 10.1. The molecule has 0 unspecified atom stereocenters. The molecule has 4 atom stereocenters. The van der Waals surface area contributed by atoms with Crippen LogP contribution in [0.5, 0.6) is 0 Å². The molecule has 0 saturated heterocycles.